The Bertz CT molecular complexity index is 837. The normalized spacial score (nSPS) is 36.0. The van der Waals surface area contributed by atoms with E-state index in [9.17, 15) is 4.79 Å². The molecule has 5 atom stereocenters. The topological polar surface area (TPSA) is 60.0 Å². The number of fused-ring (bicyclic) bond motifs is 1. The van der Waals surface area contributed by atoms with Crippen molar-refractivity contribution in [3.63, 3.8) is 0 Å². The summed E-state index contributed by atoms with van der Waals surface area (Å²) in [6.45, 7) is 12.2. The van der Waals surface area contributed by atoms with E-state index in [0.717, 1.165) is 58.0 Å². The molecule has 4 aliphatic rings. The quantitative estimate of drug-likeness (QED) is 0.732. The lowest BCUT2D eigenvalue weighted by Crippen LogP contribution is -2.58. The van der Waals surface area contributed by atoms with Crippen LogP contribution in [0.2, 0.25) is 0 Å². The maximum atomic E-state index is 12.1. The van der Waals surface area contributed by atoms with Crippen LogP contribution >= 0.6 is 0 Å². The van der Waals surface area contributed by atoms with Crippen LogP contribution in [0.3, 0.4) is 0 Å². The molecule has 1 aromatic carbocycles. The third-order valence-electron chi connectivity index (χ3n) is 8.85. The van der Waals surface area contributed by atoms with E-state index < -0.39 is 0 Å². The number of benzene rings is 1. The number of para-hydroxylation sites is 1. The van der Waals surface area contributed by atoms with E-state index in [1.165, 1.54) is 12.0 Å². The number of nitrogens with zero attached hydrogens (tertiary/aromatic N) is 1. The van der Waals surface area contributed by atoms with Crippen LogP contribution in [-0.2, 0) is 14.3 Å². The van der Waals surface area contributed by atoms with Crippen molar-refractivity contribution < 1.29 is 19.0 Å². The molecule has 0 aromatic heterocycles. The molecule has 6 heteroatoms. The Balaban J connectivity index is 1.35. The van der Waals surface area contributed by atoms with Gasteiger partial charge in [0.1, 0.15) is 12.4 Å². The van der Waals surface area contributed by atoms with Gasteiger partial charge in [0.2, 0.25) is 5.91 Å². The lowest BCUT2D eigenvalue weighted by Gasteiger charge is -2.53. The number of hydrogen-bond donors (Lipinski definition) is 1. The summed E-state index contributed by atoms with van der Waals surface area (Å²) in [5, 5.41) is 3.37. The van der Waals surface area contributed by atoms with Crippen molar-refractivity contribution in [3.05, 3.63) is 29.8 Å². The number of ether oxygens (including phenoxy) is 3. The van der Waals surface area contributed by atoms with Gasteiger partial charge in [-0.25, -0.2) is 0 Å². The van der Waals surface area contributed by atoms with Crippen LogP contribution in [0.5, 0.6) is 5.75 Å². The highest BCUT2D eigenvalue weighted by Crippen LogP contribution is 2.70. The predicted octanol–water partition coefficient (Wildman–Crippen LogP) is 3.42. The van der Waals surface area contributed by atoms with Crippen molar-refractivity contribution in [2.75, 3.05) is 46.1 Å². The van der Waals surface area contributed by atoms with Crippen LogP contribution in [0, 0.1) is 22.7 Å². The second-order valence-corrected chi connectivity index (χ2v) is 10.8. The van der Waals surface area contributed by atoms with Crippen molar-refractivity contribution in [2.24, 2.45) is 22.7 Å². The summed E-state index contributed by atoms with van der Waals surface area (Å²) in [4.78, 5) is 14.5. The summed E-state index contributed by atoms with van der Waals surface area (Å²) in [6.07, 6.45) is 3.41. The molecule has 2 aliphatic carbocycles. The standard InChI is InChI=1S/C26H38N2O4/c1-18(29)27-24-25(2,3)19-16-21-23(32-12-8-26(21,24)17-19)20-6-4-5-7-22(20)31-15-11-28-9-13-30-14-10-28/h4-7,19,21,23-24H,8-17H2,1-3H3,(H,27,29)/t19-,21-,23-,24+,26?/m1/s1. The number of amides is 1. The van der Waals surface area contributed by atoms with Gasteiger partial charge >= 0.3 is 0 Å². The van der Waals surface area contributed by atoms with Gasteiger partial charge in [0, 0.05) is 44.8 Å². The van der Waals surface area contributed by atoms with Gasteiger partial charge in [-0.3, -0.25) is 9.69 Å². The SMILES string of the molecule is CC(=O)N[C@H]1C(C)(C)[C@@H]2C[C@@H]3[C@@H](c4ccccc4OCCN4CCOCC4)OCCC31C2. The Kier molecular flexibility index (Phi) is 5.97. The molecule has 1 spiro atoms. The zero-order chi connectivity index (χ0) is 22.3. The van der Waals surface area contributed by atoms with Gasteiger partial charge in [-0.05, 0) is 48.0 Å². The Labute approximate surface area is 192 Å². The monoisotopic (exact) mass is 442 g/mol. The van der Waals surface area contributed by atoms with E-state index in [2.05, 4.69) is 48.3 Å². The minimum absolute atomic E-state index is 0.0284. The number of nitrogens with one attached hydrogen (secondary N) is 1. The van der Waals surface area contributed by atoms with Crippen LogP contribution < -0.4 is 10.1 Å². The second-order valence-electron chi connectivity index (χ2n) is 10.8. The van der Waals surface area contributed by atoms with Crippen LogP contribution in [0.25, 0.3) is 0 Å². The average Bonchev–Trinajstić information content (AvgIpc) is 3.27. The van der Waals surface area contributed by atoms with Gasteiger partial charge in [0.15, 0.2) is 0 Å². The highest BCUT2D eigenvalue weighted by atomic mass is 16.5. The van der Waals surface area contributed by atoms with E-state index in [4.69, 9.17) is 14.2 Å². The molecule has 2 bridgehead atoms. The number of rotatable bonds is 6. The van der Waals surface area contributed by atoms with E-state index in [0.29, 0.717) is 18.4 Å². The van der Waals surface area contributed by atoms with Crippen LogP contribution in [0.15, 0.2) is 24.3 Å². The fourth-order valence-electron chi connectivity index (χ4n) is 7.25. The summed E-state index contributed by atoms with van der Waals surface area (Å²) >= 11 is 0. The first-order valence-corrected chi connectivity index (χ1v) is 12.3. The van der Waals surface area contributed by atoms with Gasteiger partial charge < -0.3 is 19.5 Å². The maximum Gasteiger partial charge on any atom is 0.217 e. The fourth-order valence-corrected chi connectivity index (χ4v) is 7.25. The molecule has 2 saturated carbocycles. The van der Waals surface area contributed by atoms with Crippen LogP contribution in [0.4, 0.5) is 0 Å². The number of carbonyl (C=O) groups is 1. The molecule has 1 amide bonds. The third kappa shape index (κ3) is 3.74. The van der Waals surface area contributed by atoms with E-state index >= 15 is 0 Å². The zero-order valence-electron chi connectivity index (χ0n) is 19.8. The van der Waals surface area contributed by atoms with E-state index in [-0.39, 0.29) is 28.9 Å². The molecule has 5 rings (SSSR count). The lowest BCUT2D eigenvalue weighted by atomic mass is 9.58. The summed E-state index contributed by atoms with van der Waals surface area (Å²) < 4.78 is 18.2. The van der Waals surface area contributed by atoms with Gasteiger partial charge in [0.25, 0.3) is 0 Å². The first-order chi connectivity index (χ1) is 15.4. The highest BCUT2D eigenvalue weighted by Gasteiger charge is 2.68. The van der Waals surface area contributed by atoms with Crippen molar-refractivity contribution in [1.82, 2.24) is 10.2 Å². The minimum Gasteiger partial charge on any atom is -0.492 e. The molecule has 2 aliphatic heterocycles. The molecule has 6 nitrogen and oxygen atoms in total. The highest BCUT2D eigenvalue weighted by molar-refractivity contribution is 5.73. The molecule has 0 radical (unpaired) electrons. The summed E-state index contributed by atoms with van der Waals surface area (Å²) in [7, 11) is 0. The maximum absolute atomic E-state index is 12.1. The van der Waals surface area contributed by atoms with E-state index in [1.54, 1.807) is 6.92 Å². The summed E-state index contributed by atoms with van der Waals surface area (Å²) in [5.41, 5.74) is 1.41. The number of carbonyl (C=O) groups excluding carboxylic acids is 1. The second kappa shape index (κ2) is 8.62. The summed E-state index contributed by atoms with van der Waals surface area (Å²) in [5.74, 6) is 2.05. The molecule has 1 aromatic rings. The summed E-state index contributed by atoms with van der Waals surface area (Å²) in [6, 6.07) is 8.62. The van der Waals surface area contributed by atoms with Crippen LogP contribution in [-0.4, -0.2) is 62.9 Å². The first kappa shape index (κ1) is 22.2. The number of hydrogen-bond acceptors (Lipinski definition) is 5. The molecule has 4 fully saturated rings. The van der Waals surface area contributed by atoms with Crippen molar-refractivity contribution in [3.8, 4) is 5.75 Å². The predicted molar refractivity (Wildman–Crippen MR) is 123 cm³/mol. The van der Waals surface area contributed by atoms with Gasteiger partial charge in [-0.2, -0.15) is 0 Å². The molecule has 32 heavy (non-hydrogen) atoms. The van der Waals surface area contributed by atoms with Crippen LogP contribution in [0.1, 0.15) is 51.7 Å². The lowest BCUT2D eigenvalue weighted by molar-refractivity contribution is -0.136. The Morgan fingerprint density at radius 3 is 2.78 bits per heavy atom. The smallest absolute Gasteiger partial charge is 0.217 e. The zero-order valence-corrected chi connectivity index (χ0v) is 19.8. The molecule has 1 N–H and O–H groups in total. The molecule has 2 saturated heterocycles. The molecule has 176 valence electrons. The number of morpholine rings is 1. The fraction of sp³-hybridized carbons (Fsp3) is 0.731. The van der Waals surface area contributed by atoms with Crippen molar-refractivity contribution in [1.29, 1.82) is 0 Å². The molecular formula is C26H38N2O4. The molecular weight excluding hydrogens is 404 g/mol. The van der Waals surface area contributed by atoms with Gasteiger partial charge in [0.05, 0.1) is 19.3 Å². The Hall–Kier alpha value is -1.63. The van der Waals surface area contributed by atoms with Gasteiger partial charge in [-0.15, -0.1) is 0 Å². The first-order valence-electron chi connectivity index (χ1n) is 12.3. The Morgan fingerprint density at radius 2 is 2.00 bits per heavy atom. The molecule has 2 heterocycles. The van der Waals surface area contributed by atoms with Crippen molar-refractivity contribution >= 4 is 5.91 Å². The van der Waals surface area contributed by atoms with Crippen molar-refractivity contribution in [2.45, 2.75) is 52.2 Å². The Morgan fingerprint density at radius 1 is 1.22 bits per heavy atom. The molecule has 1 unspecified atom stereocenters. The largest absolute Gasteiger partial charge is 0.492 e. The van der Waals surface area contributed by atoms with Gasteiger partial charge in [-0.1, -0.05) is 32.0 Å². The average molecular weight is 443 g/mol. The van der Waals surface area contributed by atoms with E-state index in [1.807, 2.05) is 0 Å². The third-order valence-corrected chi connectivity index (χ3v) is 8.85. The minimum atomic E-state index is 0.0284.